The van der Waals surface area contributed by atoms with Crippen LogP contribution >= 0.6 is 0 Å². The average molecular weight is 234 g/mol. The molecule has 92 valence electrons. The van der Waals surface area contributed by atoms with Crippen LogP contribution in [0.5, 0.6) is 0 Å². The first-order chi connectivity index (χ1) is 8.08. The van der Waals surface area contributed by atoms with E-state index in [1.165, 1.54) is 0 Å². The number of likely N-dealkylation sites (N-methyl/N-ethyl adjacent to an activating group) is 2. The molecule has 0 aliphatic heterocycles. The lowest BCUT2D eigenvalue weighted by Crippen LogP contribution is -2.22. The zero-order valence-electron chi connectivity index (χ0n) is 10.7. The van der Waals surface area contributed by atoms with Crippen molar-refractivity contribution in [3.05, 3.63) is 24.3 Å². The Morgan fingerprint density at radius 1 is 1.29 bits per heavy atom. The molecule has 0 aromatic heterocycles. The van der Waals surface area contributed by atoms with Crippen molar-refractivity contribution in [1.82, 2.24) is 4.90 Å². The Kier molecular flexibility index (Phi) is 5.29. The van der Waals surface area contributed by atoms with Crippen LogP contribution in [0, 0.1) is 0 Å². The van der Waals surface area contributed by atoms with E-state index in [-0.39, 0.29) is 0 Å². The summed E-state index contributed by atoms with van der Waals surface area (Å²) in [5, 5.41) is 8.09. The summed E-state index contributed by atoms with van der Waals surface area (Å²) in [5.41, 5.74) is 7.11. The lowest BCUT2D eigenvalue weighted by Gasteiger charge is -2.06. The summed E-state index contributed by atoms with van der Waals surface area (Å²) in [6.07, 6.45) is 1.72. The van der Waals surface area contributed by atoms with Gasteiger partial charge >= 0.3 is 6.34 Å². The number of hydrogen-bond acceptors (Lipinski definition) is 3. The average Bonchev–Trinajstić information content (AvgIpc) is 2.29. The SMILES string of the molecule is CN(C)CC[N+](C)=CN=Nc1ccc(N)cc1. The van der Waals surface area contributed by atoms with E-state index in [2.05, 4.69) is 15.1 Å². The van der Waals surface area contributed by atoms with Gasteiger partial charge in [-0.25, -0.2) is 0 Å². The molecule has 0 saturated carbocycles. The van der Waals surface area contributed by atoms with E-state index < -0.39 is 0 Å². The molecule has 0 atom stereocenters. The van der Waals surface area contributed by atoms with E-state index in [4.69, 9.17) is 5.73 Å². The Morgan fingerprint density at radius 2 is 1.94 bits per heavy atom. The Bertz CT molecular complexity index is 392. The van der Waals surface area contributed by atoms with Crippen molar-refractivity contribution < 1.29 is 4.58 Å². The minimum absolute atomic E-state index is 0.732. The molecule has 5 heteroatoms. The van der Waals surface area contributed by atoms with Crippen LogP contribution in [0.2, 0.25) is 0 Å². The monoisotopic (exact) mass is 234 g/mol. The fourth-order valence-corrected chi connectivity index (χ4v) is 1.14. The molecule has 0 bridgehead atoms. The number of benzene rings is 1. The molecule has 17 heavy (non-hydrogen) atoms. The van der Waals surface area contributed by atoms with Gasteiger partial charge in [0.15, 0.2) is 0 Å². The molecule has 1 aromatic carbocycles. The minimum Gasteiger partial charge on any atom is -0.399 e. The van der Waals surface area contributed by atoms with Gasteiger partial charge < -0.3 is 10.6 Å². The molecule has 1 aromatic rings. The summed E-state index contributed by atoms with van der Waals surface area (Å²) in [5.74, 6) is 0. The Labute approximate surface area is 102 Å². The molecule has 0 saturated heterocycles. The molecule has 0 fully saturated rings. The summed E-state index contributed by atoms with van der Waals surface area (Å²) in [6.45, 7) is 1.91. The van der Waals surface area contributed by atoms with Crippen LogP contribution in [0.4, 0.5) is 11.4 Å². The van der Waals surface area contributed by atoms with Crippen molar-refractivity contribution in [2.45, 2.75) is 0 Å². The van der Waals surface area contributed by atoms with Gasteiger partial charge in [-0.3, -0.25) is 4.58 Å². The molecule has 0 spiro atoms. The van der Waals surface area contributed by atoms with Crippen LogP contribution in [-0.2, 0) is 0 Å². The lowest BCUT2D eigenvalue weighted by molar-refractivity contribution is -0.493. The molecular weight excluding hydrogens is 214 g/mol. The maximum absolute atomic E-state index is 5.58. The van der Waals surface area contributed by atoms with Gasteiger partial charge in [0.1, 0.15) is 5.69 Å². The first-order valence-corrected chi connectivity index (χ1v) is 5.52. The van der Waals surface area contributed by atoms with Gasteiger partial charge in [0, 0.05) is 12.2 Å². The van der Waals surface area contributed by atoms with Gasteiger partial charge in [-0.15, -0.1) is 0 Å². The molecule has 0 aliphatic rings. The topological polar surface area (TPSA) is 57.0 Å². The summed E-state index contributed by atoms with van der Waals surface area (Å²) in [7, 11) is 6.07. The second kappa shape index (κ2) is 6.75. The number of nitrogens with zero attached hydrogens (tertiary/aromatic N) is 4. The van der Waals surface area contributed by atoms with E-state index in [0.29, 0.717) is 0 Å². The third-order valence-electron chi connectivity index (χ3n) is 2.21. The fraction of sp³-hybridized carbons (Fsp3) is 0.417. The van der Waals surface area contributed by atoms with E-state index in [1.807, 2.05) is 50.0 Å². The van der Waals surface area contributed by atoms with E-state index in [0.717, 1.165) is 24.5 Å². The smallest absolute Gasteiger partial charge is 0.309 e. The second-order valence-corrected chi connectivity index (χ2v) is 4.21. The molecule has 0 radical (unpaired) electrons. The summed E-state index contributed by atoms with van der Waals surface area (Å²) in [6, 6.07) is 7.30. The highest BCUT2D eigenvalue weighted by Gasteiger charge is 1.95. The first-order valence-electron chi connectivity index (χ1n) is 5.52. The fourth-order valence-electron chi connectivity index (χ4n) is 1.14. The molecular formula is C12H20N5+. The Morgan fingerprint density at radius 3 is 2.53 bits per heavy atom. The highest BCUT2D eigenvalue weighted by atomic mass is 15.2. The predicted octanol–water partition coefficient (Wildman–Crippen LogP) is 1.58. The van der Waals surface area contributed by atoms with E-state index in [1.54, 1.807) is 6.34 Å². The maximum atomic E-state index is 5.58. The van der Waals surface area contributed by atoms with Crippen molar-refractivity contribution in [2.75, 3.05) is 40.0 Å². The minimum atomic E-state index is 0.732. The van der Waals surface area contributed by atoms with Gasteiger partial charge in [0.05, 0.1) is 18.7 Å². The maximum Gasteiger partial charge on any atom is 0.309 e. The summed E-state index contributed by atoms with van der Waals surface area (Å²) in [4.78, 5) is 2.13. The van der Waals surface area contributed by atoms with E-state index >= 15 is 0 Å². The molecule has 5 nitrogen and oxygen atoms in total. The Balaban J connectivity index is 2.48. The van der Waals surface area contributed by atoms with E-state index in [9.17, 15) is 0 Å². The molecule has 1 rings (SSSR count). The van der Waals surface area contributed by atoms with Crippen molar-refractivity contribution in [1.29, 1.82) is 0 Å². The molecule has 2 N–H and O–H groups in total. The zero-order valence-corrected chi connectivity index (χ0v) is 10.7. The van der Waals surface area contributed by atoms with Gasteiger partial charge in [-0.05, 0) is 43.5 Å². The Hall–Kier alpha value is -1.75. The van der Waals surface area contributed by atoms with Gasteiger partial charge in [0.25, 0.3) is 0 Å². The van der Waals surface area contributed by atoms with Crippen molar-refractivity contribution in [3.63, 3.8) is 0 Å². The van der Waals surface area contributed by atoms with Gasteiger partial charge in [-0.1, -0.05) is 0 Å². The van der Waals surface area contributed by atoms with Crippen LogP contribution in [0.15, 0.2) is 34.5 Å². The molecule has 0 unspecified atom stereocenters. The molecule has 0 aliphatic carbocycles. The summed E-state index contributed by atoms with van der Waals surface area (Å²) >= 11 is 0. The number of nitrogen functional groups attached to an aromatic ring is 1. The quantitative estimate of drug-likeness (QED) is 0.276. The summed E-state index contributed by atoms with van der Waals surface area (Å²) < 4.78 is 2.00. The van der Waals surface area contributed by atoms with Crippen LogP contribution < -0.4 is 5.73 Å². The zero-order chi connectivity index (χ0) is 12.7. The number of nitrogens with two attached hydrogens (primary N) is 1. The number of rotatable bonds is 5. The number of hydrogen-bond donors (Lipinski definition) is 1. The molecule has 0 amide bonds. The first kappa shape index (κ1) is 13.3. The van der Waals surface area contributed by atoms with Gasteiger partial charge in [0.2, 0.25) is 0 Å². The highest BCUT2D eigenvalue weighted by Crippen LogP contribution is 2.13. The predicted molar refractivity (Wildman–Crippen MR) is 71.0 cm³/mol. The van der Waals surface area contributed by atoms with Gasteiger partial charge in [-0.2, -0.15) is 0 Å². The molecule has 0 heterocycles. The highest BCUT2D eigenvalue weighted by molar-refractivity contribution is 5.51. The normalized spacial score (nSPS) is 12.6. The van der Waals surface area contributed by atoms with Crippen LogP contribution in [-0.4, -0.2) is 50.0 Å². The lowest BCUT2D eigenvalue weighted by atomic mass is 10.3. The van der Waals surface area contributed by atoms with Crippen LogP contribution in [0.25, 0.3) is 0 Å². The number of azo groups is 1. The van der Waals surface area contributed by atoms with Crippen molar-refractivity contribution in [2.24, 2.45) is 10.2 Å². The second-order valence-electron chi connectivity index (χ2n) is 4.21. The van der Waals surface area contributed by atoms with Crippen molar-refractivity contribution >= 4 is 17.7 Å². The van der Waals surface area contributed by atoms with Crippen LogP contribution in [0.1, 0.15) is 0 Å². The standard InChI is InChI=1S/C12H19N5/c1-16(2)8-9-17(3)10-14-15-12-6-4-11(13)5-7-12/h4-7,10,13H,8-9H2,1-3H3/p+1. The third-order valence-corrected chi connectivity index (χ3v) is 2.21. The largest absolute Gasteiger partial charge is 0.399 e. The third kappa shape index (κ3) is 5.77. The van der Waals surface area contributed by atoms with Crippen molar-refractivity contribution in [3.8, 4) is 0 Å². The van der Waals surface area contributed by atoms with Crippen LogP contribution in [0.3, 0.4) is 0 Å². The number of anilines is 1.